The number of aliphatic hydroxyl groups excluding tert-OH is 1. The lowest BCUT2D eigenvalue weighted by Crippen LogP contribution is -2.00. The Morgan fingerprint density at radius 3 is 2.80 bits per heavy atom. The van der Waals surface area contributed by atoms with Crippen molar-refractivity contribution >= 4 is 0 Å². The predicted octanol–water partition coefficient (Wildman–Crippen LogP) is 2.28. The van der Waals surface area contributed by atoms with Gasteiger partial charge in [0, 0.05) is 30.4 Å². The van der Waals surface area contributed by atoms with Crippen LogP contribution in [0.15, 0.2) is 30.6 Å². The first kappa shape index (κ1) is 14.4. The normalized spacial score (nSPS) is 10.6. The first-order valence-electron chi connectivity index (χ1n) is 6.70. The monoisotopic (exact) mass is 276 g/mol. The second-order valence-corrected chi connectivity index (χ2v) is 4.59. The summed E-state index contributed by atoms with van der Waals surface area (Å²) >= 11 is 0. The van der Waals surface area contributed by atoms with E-state index in [0.29, 0.717) is 19.0 Å². The Morgan fingerprint density at radius 1 is 1.30 bits per heavy atom. The van der Waals surface area contributed by atoms with Crippen molar-refractivity contribution in [2.45, 2.75) is 26.6 Å². The van der Waals surface area contributed by atoms with Crippen LogP contribution in [0, 0.1) is 0 Å². The maximum absolute atomic E-state index is 9.35. The molecule has 0 spiro atoms. The molecule has 0 aliphatic carbocycles. The van der Waals surface area contributed by atoms with Gasteiger partial charge in [0.15, 0.2) is 0 Å². The lowest BCUT2D eigenvalue weighted by molar-refractivity contribution is 0.256. The molecule has 0 fully saturated rings. The highest BCUT2D eigenvalue weighted by Gasteiger charge is 2.06. The van der Waals surface area contributed by atoms with Crippen molar-refractivity contribution in [3.63, 3.8) is 0 Å². The molecule has 5 heteroatoms. The first-order chi connectivity index (χ1) is 9.72. The molecule has 0 aliphatic rings. The van der Waals surface area contributed by atoms with Crippen molar-refractivity contribution in [3.8, 4) is 11.5 Å². The van der Waals surface area contributed by atoms with E-state index in [2.05, 4.69) is 12.0 Å². The Morgan fingerprint density at radius 2 is 2.15 bits per heavy atom. The van der Waals surface area contributed by atoms with Crippen LogP contribution < -0.4 is 9.47 Å². The fourth-order valence-corrected chi connectivity index (χ4v) is 1.82. The van der Waals surface area contributed by atoms with Crippen molar-refractivity contribution in [1.29, 1.82) is 0 Å². The number of aliphatic hydroxyl groups is 1. The maximum Gasteiger partial charge on any atom is 0.129 e. The summed E-state index contributed by atoms with van der Waals surface area (Å²) in [6, 6.07) is 5.49. The molecule has 0 saturated carbocycles. The van der Waals surface area contributed by atoms with Crippen LogP contribution >= 0.6 is 0 Å². The van der Waals surface area contributed by atoms with E-state index in [-0.39, 0.29) is 6.61 Å². The van der Waals surface area contributed by atoms with Crippen LogP contribution in [0.5, 0.6) is 11.5 Å². The summed E-state index contributed by atoms with van der Waals surface area (Å²) in [5.41, 5.74) is 1.73. The molecule has 0 unspecified atom stereocenters. The zero-order valence-electron chi connectivity index (χ0n) is 11.9. The molecule has 0 radical (unpaired) electrons. The molecule has 1 aromatic heterocycles. The summed E-state index contributed by atoms with van der Waals surface area (Å²) in [6.45, 7) is 3.08. The quantitative estimate of drug-likeness (QED) is 0.843. The fourth-order valence-electron chi connectivity index (χ4n) is 1.82. The van der Waals surface area contributed by atoms with Gasteiger partial charge in [0.1, 0.15) is 18.1 Å². The summed E-state index contributed by atoms with van der Waals surface area (Å²) in [5, 5.41) is 13.4. The highest BCUT2D eigenvalue weighted by Crippen LogP contribution is 2.26. The largest absolute Gasteiger partial charge is 0.493 e. The molecule has 1 aromatic carbocycles. The zero-order chi connectivity index (χ0) is 14.4. The van der Waals surface area contributed by atoms with Crippen molar-refractivity contribution < 1.29 is 14.6 Å². The topological polar surface area (TPSA) is 56.5 Å². The SMILES string of the molecule is CCCOc1ccc(CO)c(OCc2cnn(C)c2)c1. The number of ether oxygens (including phenoxy) is 2. The summed E-state index contributed by atoms with van der Waals surface area (Å²) in [4.78, 5) is 0. The van der Waals surface area contributed by atoms with Gasteiger partial charge in [-0.15, -0.1) is 0 Å². The van der Waals surface area contributed by atoms with E-state index in [1.807, 2.05) is 31.4 Å². The molecule has 108 valence electrons. The highest BCUT2D eigenvalue weighted by atomic mass is 16.5. The molecule has 1 N–H and O–H groups in total. The van der Waals surface area contributed by atoms with Gasteiger partial charge >= 0.3 is 0 Å². The number of hydrogen-bond donors (Lipinski definition) is 1. The molecule has 0 aliphatic heterocycles. The first-order valence-corrected chi connectivity index (χ1v) is 6.70. The minimum Gasteiger partial charge on any atom is -0.493 e. The number of benzene rings is 1. The summed E-state index contributed by atoms with van der Waals surface area (Å²) in [5.74, 6) is 1.40. The van der Waals surface area contributed by atoms with E-state index in [1.165, 1.54) is 0 Å². The van der Waals surface area contributed by atoms with Crippen molar-refractivity contribution in [1.82, 2.24) is 9.78 Å². The van der Waals surface area contributed by atoms with Gasteiger partial charge in [0.2, 0.25) is 0 Å². The minimum absolute atomic E-state index is 0.0591. The molecule has 0 atom stereocenters. The second kappa shape index (κ2) is 6.96. The number of nitrogens with zero attached hydrogens (tertiary/aromatic N) is 2. The van der Waals surface area contributed by atoms with E-state index in [1.54, 1.807) is 10.9 Å². The lowest BCUT2D eigenvalue weighted by Gasteiger charge is -2.12. The number of hydrogen-bond acceptors (Lipinski definition) is 4. The fraction of sp³-hybridized carbons (Fsp3) is 0.400. The zero-order valence-corrected chi connectivity index (χ0v) is 11.9. The number of aryl methyl sites for hydroxylation is 1. The molecule has 1 heterocycles. The second-order valence-electron chi connectivity index (χ2n) is 4.59. The van der Waals surface area contributed by atoms with Gasteiger partial charge in [-0.1, -0.05) is 6.92 Å². The molecule has 0 bridgehead atoms. The lowest BCUT2D eigenvalue weighted by atomic mass is 10.2. The average Bonchev–Trinajstić information content (AvgIpc) is 2.88. The van der Waals surface area contributed by atoms with Gasteiger partial charge in [-0.25, -0.2) is 0 Å². The number of rotatable bonds is 7. The standard InChI is InChI=1S/C15H20N2O3/c1-3-6-19-14-5-4-13(10-18)15(7-14)20-11-12-8-16-17(2)9-12/h4-5,7-9,18H,3,6,10-11H2,1-2H3. The van der Waals surface area contributed by atoms with Gasteiger partial charge in [-0.05, 0) is 18.6 Å². The number of aromatic nitrogens is 2. The molecule has 2 rings (SSSR count). The van der Waals surface area contributed by atoms with Crippen LogP contribution in [-0.4, -0.2) is 21.5 Å². The molecule has 0 amide bonds. The Labute approximate surface area is 118 Å². The Hall–Kier alpha value is -2.01. The van der Waals surface area contributed by atoms with E-state index < -0.39 is 0 Å². The maximum atomic E-state index is 9.35. The summed E-state index contributed by atoms with van der Waals surface area (Å²) in [7, 11) is 1.86. The van der Waals surface area contributed by atoms with Gasteiger partial charge < -0.3 is 14.6 Å². The van der Waals surface area contributed by atoms with Crippen LogP contribution in [0.2, 0.25) is 0 Å². The average molecular weight is 276 g/mol. The minimum atomic E-state index is -0.0591. The van der Waals surface area contributed by atoms with E-state index in [4.69, 9.17) is 9.47 Å². The van der Waals surface area contributed by atoms with Crippen LogP contribution in [0.1, 0.15) is 24.5 Å². The summed E-state index contributed by atoms with van der Waals surface area (Å²) in [6.07, 6.45) is 4.61. The predicted molar refractivity (Wildman–Crippen MR) is 75.7 cm³/mol. The molecular weight excluding hydrogens is 256 g/mol. The highest BCUT2D eigenvalue weighted by molar-refractivity contribution is 5.40. The summed E-state index contributed by atoms with van der Waals surface area (Å²) < 4.78 is 13.1. The van der Waals surface area contributed by atoms with Crippen molar-refractivity contribution in [3.05, 3.63) is 41.7 Å². The van der Waals surface area contributed by atoms with E-state index in [0.717, 1.165) is 23.3 Å². The third-order valence-corrected chi connectivity index (χ3v) is 2.83. The third-order valence-electron chi connectivity index (χ3n) is 2.83. The molecule has 2 aromatic rings. The van der Waals surface area contributed by atoms with Gasteiger partial charge in [0.25, 0.3) is 0 Å². The molecule has 0 saturated heterocycles. The molecule has 20 heavy (non-hydrogen) atoms. The third kappa shape index (κ3) is 3.74. The van der Waals surface area contributed by atoms with E-state index >= 15 is 0 Å². The van der Waals surface area contributed by atoms with Crippen LogP contribution in [-0.2, 0) is 20.3 Å². The Balaban J connectivity index is 2.07. The smallest absolute Gasteiger partial charge is 0.129 e. The van der Waals surface area contributed by atoms with Gasteiger partial charge in [-0.3, -0.25) is 4.68 Å². The Kier molecular flexibility index (Phi) is 5.01. The van der Waals surface area contributed by atoms with Crippen LogP contribution in [0.4, 0.5) is 0 Å². The van der Waals surface area contributed by atoms with Gasteiger partial charge in [-0.2, -0.15) is 5.10 Å². The van der Waals surface area contributed by atoms with Crippen LogP contribution in [0.3, 0.4) is 0 Å². The van der Waals surface area contributed by atoms with Crippen molar-refractivity contribution in [2.24, 2.45) is 7.05 Å². The van der Waals surface area contributed by atoms with Gasteiger partial charge in [0.05, 0.1) is 19.4 Å². The van der Waals surface area contributed by atoms with Crippen molar-refractivity contribution in [2.75, 3.05) is 6.61 Å². The van der Waals surface area contributed by atoms with E-state index in [9.17, 15) is 5.11 Å². The molecular formula is C15H20N2O3. The molecule has 5 nitrogen and oxygen atoms in total. The van der Waals surface area contributed by atoms with Crippen LogP contribution in [0.25, 0.3) is 0 Å². The Bertz CT molecular complexity index is 552.